The first-order valence-corrected chi connectivity index (χ1v) is 11.7. The molecule has 5 heteroatoms. The van der Waals surface area contributed by atoms with Crippen LogP contribution < -0.4 is 0 Å². The van der Waals surface area contributed by atoms with Gasteiger partial charge >= 0.3 is 6.11 Å². The second-order valence-corrected chi connectivity index (χ2v) is 8.90. The standard InChI is InChI=1S/C27H32F3NO/c1-2-3-4-5-20-6-12-23(13-7-20)24-14-10-22(11-15-24)19-32-27(29,30)26(28)25-16-8-21(18-31)9-17-25/h8-11,14-17,20,23,26H,2-7,12-13,19H2,1H3. The lowest BCUT2D eigenvalue weighted by Gasteiger charge is -2.29. The molecule has 3 rings (SSSR count). The summed E-state index contributed by atoms with van der Waals surface area (Å²) in [5, 5.41) is 8.77. The summed E-state index contributed by atoms with van der Waals surface area (Å²) in [4.78, 5) is 0. The number of hydrogen-bond acceptors (Lipinski definition) is 2. The molecule has 1 aliphatic carbocycles. The van der Waals surface area contributed by atoms with Gasteiger partial charge in [0.2, 0.25) is 6.17 Å². The Labute approximate surface area is 189 Å². The quantitative estimate of drug-likeness (QED) is 0.346. The zero-order valence-corrected chi connectivity index (χ0v) is 18.7. The molecule has 0 heterocycles. The number of rotatable bonds is 10. The first-order valence-electron chi connectivity index (χ1n) is 11.7. The Hall–Kier alpha value is -2.32. The van der Waals surface area contributed by atoms with E-state index in [1.807, 2.05) is 18.2 Å². The summed E-state index contributed by atoms with van der Waals surface area (Å²) in [5.41, 5.74) is 1.91. The van der Waals surface area contributed by atoms with E-state index < -0.39 is 12.3 Å². The largest absolute Gasteiger partial charge is 0.391 e. The van der Waals surface area contributed by atoms with E-state index in [2.05, 4.69) is 11.7 Å². The summed E-state index contributed by atoms with van der Waals surface area (Å²) in [5.74, 6) is 1.37. The predicted molar refractivity (Wildman–Crippen MR) is 120 cm³/mol. The molecule has 1 fully saturated rings. The molecule has 0 bridgehead atoms. The molecule has 1 unspecified atom stereocenters. The van der Waals surface area contributed by atoms with Gasteiger partial charge in [0.15, 0.2) is 0 Å². The maximum atomic E-state index is 14.3. The van der Waals surface area contributed by atoms with E-state index in [4.69, 9.17) is 5.26 Å². The molecule has 32 heavy (non-hydrogen) atoms. The van der Waals surface area contributed by atoms with Crippen LogP contribution in [0.5, 0.6) is 0 Å². The van der Waals surface area contributed by atoms with Crippen molar-refractivity contribution in [3.8, 4) is 6.07 Å². The summed E-state index contributed by atoms with van der Waals surface area (Å²) in [6, 6.07) is 14.5. The molecule has 2 nitrogen and oxygen atoms in total. The molecule has 0 saturated heterocycles. The molecular weight excluding hydrogens is 411 g/mol. The van der Waals surface area contributed by atoms with E-state index in [1.54, 1.807) is 12.1 Å². The first kappa shape index (κ1) is 24.3. The summed E-state index contributed by atoms with van der Waals surface area (Å²) in [6.45, 7) is 1.87. The Morgan fingerprint density at radius 3 is 2.25 bits per heavy atom. The Kier molecular flexibility index (Phi) is 8.75. The van der Waals surface area contributed by atoms with Crippen LogP contribution in [0.1, 0.15) is 92.6 Å². The Bertz CT molecular complexity index is 865. The van der Waals surface area contributed by atoms with Gasteiger partial charge in [0.05, 0.1) is 18.2 Å². The average Bonchev–Trinajstić information content (AvgIpc) is 2.83. The highest BCUT2D eigenvalue weighted by Gasteiger charge is 2.42. The maximum Gasteiger partial charge on any atom is 0.391 e. The van der Waals surface area contributed by atoms with Crippen LogP contribution in [-0.2, 0) is 11.3 Å². The fraction of sp³-hybridized carbons (Fsp3) is 0.519. The monoisotopic (exact) mass is 443 g/mol. The topological polar surface area (TPSA) is 33.0 Å². The fourth-order valence-corrected chi connectivity index (χ4v) is 4.53. The van der Waals surface area contributed by atoms with Gasteiger partial charge < -0.3 is 4.74 Å². The molecule has 2 aromatic carbocycles. The Morgan fingerprint density at radius 2 is 1.66 bits per heavy atom. The molecule has 0 aromatic heterocycles. The molecule has 0 N–H and O–H groups in total. The zero-order valence-electron chi connectivity index (χ0n) is 18.7. The van der Waals surface area contributed by atoms with E-state index in [0.29, 0.717) is 11.5 Å². The van der Waals surface area contributed by atoms with E-state index in [1.165, 1.54) is 81.2 Å². The number of unbranched alkanes of at least 4 members (excludes halogenated alkanes) is 2. The van der Waals surface area contributed by atoms with Crippen molar-refractivity contribution in [1.82, 2.24) is 0 Å². The summed E-state index contributed by atoms with van der Waals surface area (Å²) >= 11 is 0. The van der Waals surface area contributed by atoms with Crippen LogP contribution in [0.25, 0.3) is 0 Å². The molecule has 172 valence electrons. The normalized spacial score (nSPS) is 20.0. The highest BCUT2D eigenvalue weighted by Crippen LogP contribution is 2.39. The van der Waals surface area contributed by atoms with Crippen LogP contribution in [0.15, 0.2) is 48.5 Å². The third-order valence-corrected chi connectivity index (χ3v) is 6.57. The van der Waals surface area contributed by atoms with Crippen LogP contribution in [-0.4, -0.2) is 6.11 Å². The van der Waals surface area contributed by atoms with Gasteiger partial charge in [-0.2, -0.15) is 14.0 Å². The van der Waals surface area contributed by atoms with Gasteiger partial charge in [0.1, 0.15) is 0 Å². The van der Waals surface area contributed by atoms with Crippen molar-refractivity contribution in [1.29, 1.82) is 5.26 Å². The minimum Gasteiger partial charge on any atom is -0.313 e. The number of alkyl halides is 3. The van der Waals surface area contributed by atoms with Gasteiger partial charge in [-0.1, -0.05) is 69.0 Å². The number of benzene rings is 2. The van der Waals surface area contributed by atoms with Crippen LogP contribution in [0, 0.1) is 17.2 Å². The van der Waals surface area contributed by atoms with E-state index >= 15 is 0 Å². The number of nitriles is 1. The molecule has 0 aliphatic heterocycles. The lowest BCUT2D eigenvalue weighted by molar-refractivity contribution is -0.282. The van der Waals surface area contributed by atoms with Crippen molar-refractivity contribution in [2.75, 3.05) is 0 Å². The van der Waals surface area contributed by atoms with Crippen LogP contribution in [0.2, 0.25) is 0 Å². The molecule has 1 aliphatic rings. The van der Waals surface area contributed by atoms with Crippen molar-refractivity contribution < 1.29 is 17.9 Å². The second-order valence-electron chi connectivity index (χ2n) is 8.90. The average molecular weight is 444 g/mol. The van der Waals surface area contributed by atoms with E-state index in [-0.39, 0.29) is 17.7 Å². The lowest BCUT2D eigenvalue weighted by atomic mass is 9.77. The highest BCUT2D eigenvalue weighted by atomic mass is 19.3. The third kappa shape index (κ3) is 6.59. The summed E-state index contributed by atoms with van der Waals surface area (Å²) in [7, 11) is 0. The smallest absolute Gasteiger partial charge is 0.313 e. The van der Waals surface area contributed by atoms with Crippen LogP contribution >= 0.6 is 0 Å². The molecule has 0 radical (unpaired) electrons. The van der Waals surface area contributed by atoms with Gasteiger partial charge in [0.25, 0.3) is 0 Å². The number of nitrogens with zero attached hydrogens (tertiary/aromatic N) is 1. The lowest BCUT2D eigenvalue weighted by Crippen LogP contribution is -2.27. The number of hydrogen-bond donors (Lipinski definition) is 0. The number of ether oxygens (including phenoxy) is 1. The third-order valence-electron chi connectivity index (χ3n) is 6.57. The van der Waals surface area contributed by atoms with Gasteiger partial charge in [-0.15, -0.1) is 0 Å². The van der Waals surface area contributed by atoms with Crippen molar-refractivity contribution in [2.45, 2.75) is 83.1 Å². The van der Waals surface area contributed by atoms with E-state index in [0.717, 1.165) is 5.92 Å². The van der Waals surface area contributed by atoms with Crippen molar-refractivity contribution >= 4 is 0 Å². The first-order chi connectivity index (χ1) is 15.4. The van der Waals surface area contributed by atoms with Gasteiger partial charge in [-0.3, -0.25) is 0 Å². The molecule has 1 saturated carbocycles. The van der Waals surface area contributed by atoms with Gasteiger partial charge in [-0.25, -0.2) is 4.39 Å². The minimum atomic E-state index is -3.96. The molecule has 1 atom stereocenters. The molecule has 0 amide bonds. The summed E-state index contributed by atoms with van der Waals surface area (Å²) in [6.07, 6.45) is 3.58. The zero-order chi connectivity index (χ0) is 23.0. The van der Waals surface area contributed by atoms with Crippen LogP contribution in [0.3, 0.4) is 0 Å². The fourth-order valence-electron chi connectivity index (χ4n) is 4.53. The Morgan fingerprint density at radius 1 is 1.00 bits per heavy atom. The van der Waals surface area contributed by atoms with Crippen LogP contribution in [0.4, 0.5) is 13.2 Å². The SMILES string of the molecule is CCCCCC1CCC(c2ccc(COC(F)(F)C(F)c3ccc(C#N)cc3)cc2)CC1. The summed E-state index contributed by atoms with van der Waals surface area (Å²) < 4.78 is 47.4. The van der Waals surface area contributed by atoms with Gasteiger partial charge in [0, 0.05) is 0 Å². The van der Waals surface area contributed by atoms with Crippen molar-refractivity contribution in [2.24, 2.45) is 5.92 Å². The van der Waals surface area contributed by atoms with Crippen molar-refractivity contribution in [3.05, 3.63) is 70.8 Å². The minimum absolute atomic E-state index is 0.213. The van der Waals surface area contributed by atoms with Crippen molar-refractivity contribution in [3.63, 3.8) is 0 Å². The second kappa shape index (κ2) is 11.5. The van der Waals surface area contributed by atoms with E-state index in [9.17, 15) is 13.2 Å². The molecule has 0 spiro atoms. The number of halogens is 3. The van der Waals surface area contributed by atoms with Gasteiger partial charge in [-0.05, 0) is 66.3 Å². The predicted octanol–water partition coefficient (Wildman–Crippen LogP) is 8.23. The Balaban J connectivity index is 1.49. The maximum absolute atomic E-state index is 14.3. The molecular formula is C27H32F3NO. The molecule has 2 aromatic rings. The highest BCUT2D eigenvalue weighted by molar-refractivity contribution is 5.33.